The van der Waals surface area contributed by atoms with E-state index in [0.717, 1.165) is 38.2 Å². The summed E-state index contributed by atoms with van der Waals surface area (Å²) < 4.78 is 1.49. The predicted molar refractivity (Wildman–Crippen MR) is 87.0 cm³/mol. The van der Waals surface area contributed by atoms with E-state index in [-0.39, 0.29) is 11.5 Å². The molecule has 0 aliphatic carbocycles. The van der Waals surface area contributed by atoms with E-state index in [0.29, 0.717) is 6.04 Å². The molecule has 0 bridgehead atoms. The molecule has 1 aliphatic rings. The zero-order valence-corrected chi connectivity index (χ0v) is 12.5. The third-order valence-electron chi connectivity index (χ3n) is 3.96. The number of nitrogen functional groups attached to an aromatic ring is 1. The molecule has 4 N–H and O–H groups in total. The molecule has 22 heavy (non-hydrogen) atoms. The Labute approximate surface area is 129 Å². The van der Waals surface area contributed by atoms with E-state index in [2.05, 4.69) is 22.0 Å². The Balaban J connectivity index is 1.59. The summed E-state index contributed by atoms with van der Waals surface area (Å²) in [6.45, 7) is 3.13. The number of rotatable bonds is 5. The molecule has 1 aromatic heterocycles. The molecule has 1 aliphatic heterocycles. The standard InChI is InChI=1S/C16H21N5O/c17-13-10-20(11-13)8-1-2-12-3-5-14(6-4-12)21-9-7-15(18)19-16(21)22/h3-7,9,13H,1-2,8,10-11,17H2,(H2,18,19,22). The number of anilines is 1. The normalized spacial score (nSPS) is 15.7. The number of aryl methyl sites for hydroxylation is 1. The second-order valence-electron chi connectivity index (χ2n) is 5.79. The summed E-state index contributed by atoms with van der Waals surface area (Å²) in [5.41, 5.74) is 13.0. The molecule has 0 spiro atoms. The van der Waals surface area contributed by atoms with Crippen LogP contribution in [0.2, 0.25) is 0 Å². The van der Waals surface area contributed by atoms with Crippen molar-refractivity contribution in [1.29, 1.82) is 0 Å². The van der Waals surface area contributed by atoms with Crippen molar-refractivity contribution in [3.8, 4) is 5.69 Å². The van der Waals surface area contributed by atoms with Crippen molar-refractivity contribution in [2.75, 3.05) is 25.4 Å². The smallest absolute Gasteiger partial charge is 0.354 e. The van der Waals surface area contributed by atoms with E-state index in [1.165, 1.54) is 10.1 Å². The van der Waals surface area contributed by atoms with Crippen molar-refractivity contribution in [3.05, 3.63) is 52.6 Å². The minimum Gasteiger partial charge on any atom is -0.383 e. The maximum absolute atomic E-state index is 11.8. The molecule has 2 heterocycles. The van der Waals surface area contributed by atoms with E-state index in [1.54, 1.807) is 12.3 Å². The first-order chi connectivity index (χ1) is 10.6. The van der Waals surface area contributed by atoms with Crippen LogP contribution in [0, 0.1) is 0 Å². The van der Waals surface area contributed by atoms with Crippen LogP contribution in [-0.4, -0.2) is 40.1 Å². The van der Waals surface area contributed by atoms with Crippen molar-refractivity contribution in [2.24, 2.45) is 5.73 Å². The second-order valence-corrected chi connectivity index (χ2v) is 5.79. The first-order valence-corrected chi connectivity index (χ1v) is 7.54. The first-order valence-electron chi connectivity index (χ1n) is 7.54. The fraction of sp³-hybridized carbons (Fsp3) is 0.375. The Morgan fingerprint density at radius 2 is 1.91 bits per heavy atom. The van der Waals surface area contributed by atoms with E-state index in [9.17, 15) is 4.79 Å². The summed E-state index contributed by atoms with van der Waals surface area (Å²) in [6.07, 6.45) is 3.79. The van der Waals surface area contributed by atoms with E-state index in [4.69, 9.17) is 11.5 Å². The fourth-order valence-electron chi connectivity index (χ4n) is 2.74. The summed E-state index contributed by atoms with van der Waals surface area (Å²) in [6, 6.07) is 9.97. The number of aromatic nitrogens is 2. The maximum atomic E-state index is 11.8. The predicted octanol–water partition coefficient (Wildman–Crippen LogP) is 0.390. The van der Waals surface area contributed by atoms with Crippen LogP contribution in [0.5, 0.6) is 0 Å². The number of nitrogens with zero attached hydrogens (tertiary/aromatic N) is 3. The van der Waals surface area contributed by atoms with Gasteiger partial charge in [-0.3, -0.25) is 4.57 Å². The van der Waals surface area contributed by atoms with E-state index in [1.807, 2.05) is 12.1 Å². The van der Waals surface area contributed by atoms with E-state index < -0.39 is 0 Å². The van der Waals surface area contributed by atoms with Crippen molar-refractivity contribution >= 4 is 5.82 Å². The summed E-state index contributed by atoms with van der Waals surface area (Å²) in [7, 11) is 0. The second kappa shape index (κ2) is 6.29. The lowest BCUT2D eigenvalue weighted by Crippen LogP contribution is -2.55. The molecule has 0 saturated carbocycles. The molecule has 3 rings (SSSR count). The molecule has 6 heteroatoms. The number of nitrogens with two attached hydrogens (primary N) is 2. The van der Waals surface area contributed by atoms with Crippen molar-refractivity contribution in [1.82, 2.24) is 14.5 Å². The average Bonchev–Trinajstić information content (AvgIpc) is 2.46. The maximum Gasteiger partial charge on any atom is 0.354 e. The van der Waals surface area contributed by atoms with Gasteiger partial charge in [0.2, 0.25) is 0 Å². The van der Waals surface area contributed by atoms with Crippen LogP contribution in [0.15, 0.2) is 41.3 Å². The SMILES string of the molecule is Nc1ccn(-c2ccc(CCCN3CC(N)C3)cc2)c(=O)n1. The van der Waals surface area contributed by atoms with Gasteiger partial charge in [0.25, 0.3) is 0 Å². The topological polar surface area (TPSA) is 90.2 Å². The highest BCUT2D eigenvalue weighted by Crippen LogP contribution is 2.12. The van der Waals surface area contributed by atoms with Gasteiger partial charge in [0, 0.05) is 25.3 Å². The minimum absolute atomic E-state index is 0.239. The average molecular weight is 299 g/mol. The summed E-state index contributed by atoms with van der Waals surface area (Å²) in [5, 5.41) is 0. The van der Waals surface area contributed by atoms with Gasteiger partial charge in [-0.2, -0.15) is 4.98 Å². The monoisotopic (exact) mass is 299 g/mol. The highest BCUT2D eigenvalue weighted by molar-refractivity contribution is 5.36. The van der Waals surface area contributed by atoms with E-state index >= 15 is 0 Å². The first kappa shape index (κ1) is 14.7. The zero-order valence-electron chi connectivity index (χ0n) is 12.5. The number of benzene rings is 1. The zero-order chi connectivity index (χ0) is 15.5. The fourth-order valence-corrected chi connectivity index (χ4v) is 2.74. The quantitative estimate of drug-likeness (QED) is 0.833. The third-order valence-corrected chi connectivity index (χ3v) is 3.96. The number of hydrogen-bond acceptors (Lipinski definition) is 5. The van der Waals surface area contributed by atoms with Crippen LogP contribution in [0.4, 0.5) is 5.82 Å². The molecular formula is C16H21N5O. The van der Waals surface area contributed by atoms with Crippen LogP contribution in [0.3, 0.4) is 0 Å². The minimum atomic E-state index is -0.359. The van der Waals surface area contributed by atoms with Gasteiger partial charge < -0.3 is 16.4 Å². The van der Waals surface area contributed by atoms with Gasteiger partial charge in [-0.05, 0) is 43.1 Å². The van der Waals surface area contributed by atoms with Gasteiger partial charge in [0.05, 0.1) is 5.69 Å². The number of likely N-dealkylation sites (tertiary alicyclic amines) is 1. The molecule has 0 amide bonds. The van der Waals surface area contributed by atoms with Gasteiger partial charge in [-0.25, -0.2) is 4.79 Å². The molecule has 0 unspecified atom stereocenters. The molecule has 0 radical (unpaired) electrons. The van der Waals surface area contributed by atoms with Crippen LogP contribution in [-0.2, 0) is 6.42 Å². The Hall–Kier alpha value is -2.18. The molecular weight excluding hydrogens is 278 g/mol. The summed E-state index contributed by atoms with van der Waals surface area (Å²) >= 11 is 0. The van der Waals surface area contributed by atoms with Crippen LogP contribution in [0.25, 0.3) is 5.69 Å². The molecule has 1 aromatic carbocycles. The van der Waals surface area contributed by atoms with Crippen LogP contribution < -0.4 is 17.2 Å². The summed E-state index contributed by atoms with van der Waals surface area (Å²) in [4.78, 5) is 17.9. The lowest BCUT2D eigenvalue weighted by atomic mass is 10.1. The summed E-state index contributed by atoms with van der Waals surface area (Å²) in [5.74, 6) is 0.239. The molecule has 1 saturated heterocycles. The molecule has 6 nitrogen and oxygen atoms in total. The van der Waals surface area contributed by atoms with Gasteiger partial charge in [0.15, 0.2) is 0 Å². The third kappa shape index (κ3) is 3.35. The van der Waals surface area contributed by atoms with Crippen LogP contribution in [0.1, 0.15) is 12.0 Å². The van der Waals surface area contributed by atoms with Gasteiger partial charge in [-0.15, -0.1) is 0 Å². The Morgan fingerprint density at radius 1 is 1.18 bits per heavy atom. The van der Waals surface area contributed by atoms with Gasteiger partial charge >= 0.3 is 5.69 Å². The Morgan fingerprint density at radius 3 is 2.55 bits per heavy atom. The molecule has 0 atom stereocenters. The largest absolute Gasteiger partial charge is 0.383 e. The van der Waals surface area contributed by atoms with Gasteiger partial charge in [-0.1, -0.05) is 12.1 Å². The van der Waals surface area contributed by atoms with Crippen molar-refractivity contribution < 1.29 is 0 Å². The van der Waals surface area contributed by atoms with Gasteiger partial charge in [0.1, 0.15) is 5.82 Å². The van der Waals surface area contributed by atoms with Crippen LogP contribution >= 0.6 is 0 Å². The molecule has 1 fully saturated rings. The lowest BCUT2D eigenvalue weighted by Gasteiger charge is -2.36. The van der Waals surface area contributed by atoms with Crippen molar-refractivity contribution in [3.63, 3.8) is 0 Å². The molecule has 2 aromatic rings. The molecule has 116 valence electrons. The lowest BCUT2D eigenvalue weighted by molar-refractivity contribution is 0.149. The van der Waals surface area contributed by atoms with Crippen molar-refractivity contribution in [2.45, 2.75) is 18.9 Å². The Kier molecular flexibility index (Phi) is 4.22. The highest BCUT2D eigenvalue weighted by atomic mass is 16.1. The highest BCUT2D eigenvalue weighted by Gasteiger charge is 2.21. The number of hydrogen-bond donors (Lipinski definition) is 2. The Bertz CT molecular complexity index is 688.